The Morgan fingerprint density at radius 1 is 0.607 bits per heavy atom. The number of carbonyl (C=O) groups is 2. The van der Waals surface area contributed by atoms with Crippen molar-refractivity contribution >= 4 is 19.8 Å². The monoisotopic (exact) mass is 811 g/mol. The molecule has 0 aromatic heterocycles. The summed E-state index contributed by atoms with van der Waals surface area (Å²) in [5, 5.41) is 27.8. The molecule has 0 bridgehead atoms. The van der Waals surface area contributed by atoms with E-state index in [-0.39, 0.29) is 19.4 Å². The van der Waals surface area contributed by atoms with E-state index in [4.69, 9.17) is 19.1 Å². The van der Waals surface area contributed by atoms with Crippen LogP contribution in [0.4, 0.5) is 0 Å². The van der Waals surface area contributed by atoms with Gasteiger partial charge in [-0.05, 0) is 70.6 Å². The average Bonchev–Trinajstić information content (AvgIpc) is 3.19. The SMILES string of the molecule is CCCCCC/C=C\CCCCCCCCCC(=O)OC[C@H](COP(=O)(O)OC[C@@H](O)CO)OC(=O)CCC/C=C\C/C=C\C/C=C\C/C=C\C=C\[C@H](O)CC. The molecule has 0 aliphatic carbocycles. The molecule has 322 valence electrons. The molecule has 0 amide bonds. The van der Waals surface area contributed by atoms with Crippen LogP contribution in [0, 0.1) is 0 Å². The zero-order valence-corrected chi connectivity index (χ0v) is 35.3. The molecule has 4 N–H and O–H groups in total. The second kappa shape index (κ2) is 39.2. The van der Waals surface area contributed by atoms with Crippen molar-refractivity contribution < 1.29 is 52.9 Å². The van der Waals surface area contributed by atoms with Crippen molar-refractivity contribution in [1.29, 1.82) is 0 Å². The van der Waals surface area contributed by atoms with Crippen LogP contribution in [0.3, 0.4) is 0 Å². The Bertz CT molecular complexity index is 1180. The minimum absolute atomic E-state index is 0.0879. The maximum absolute atomic E-state index is 12.6. The standard InChI is InChI=1S/C44H75O11P/c1-3-5-6-7-8-9-10-11-12-16-19-22-25-28-31-34-43(48)52-38-42(39-54-56(50,51)53-37-41(47)36-45)55-44(49)35-32-29-26-23-20-17-14-13-15-18-21-24-27-30-33-40(46)4-2/h9-10,14-15,17-18,23-24,26-27,30,33,40-42,45-47H,3-8,11-13,16,19-22,25,28-29,31-32,34-39H2,1-2H3,(H,50,51)/b10-9-,17-14-,18-15-,26-23-,27-24-,33-30+/t40-,41+,42-/m1/s1. The van der Waals surface area contributed by atoms with E-state index in [9.17, 15) is 29.3 Å². The first-order valence-electron chi connectivity index (χ1n) is 21.0. The second-order valence-corrected chi connectivity index (χ2v) is 15.3. The smallest absolute Gasteiger partial charge is 0.462 e. The number of unbranched alkanes of at least 4 members (excludes halogenated alkanes) is 12. The van der Waals surface area contributed by atoms with Crippen molar-refractivity contribution in [2.45, 2.75) is 167 Å². The highest BCUT2D eigenvalue weighted by Gasteiger charge is 2.27. The molecule has 0 saturated heterocycles. The normalized spacial score (nSPS) is 15.2. The van der Waals surface area contributed by atoms with Crippen LogP contribution >= 0.6 is 7.82 Å². The summed E-state index contributed by atoms with van der Waals surface area (Å²) in [7, 11) is -4.64. The molecule has 0 spiro atoms. The van der Waals surface area contributed by atoms with Gasteiger partial charge >= 0.3 is 19.8 Å². The lowest BCUT2D eigenvalue weighted by Crippen LogP contribution is -2.29. The molecule has 0 radical (unpaired) electrons. The summed E-state index contributed by atoms with van der Waals surface area (Å²) in [4.78, 5) is 34.9. The first-order valence-corrected chi connectivity index (χ1v) is 22.5. The maximum Gasteiger partial charge on any atom is 0.472 e. The number of esters is 2. The molecule has 0 aliphatic rings. The molecule has 0 aliphatic heterocycles. The van der Waals surface area contributed by atoms with Gasteiger partial charge in [0, 0.05) is 12.8 Å². The average molecular weight is 811 g/mol. The van der Waals surface area contributed by atoms with Crippen LogP contribution in [0.15, 0.2) is 72.9 Å². The van der Waals surface area contributed by atoms with E-state index in [1.54, 1.807) is 6.08 Å². The summed E-state index contributed by atoms with van der Waals surface area (Å²) in [5.74, 6) is -1.02. The van der Waals surface area contributed by atoms with Gasteiger partial charge in [-0.1, -0.05) is 138 Å². The van der Waals surface area contributed by atoms with Gasteiger partial charge in [0.25, 0.3) is 0 Å². The van der Waals surface area contributed by atoms with Crippen LogP contribution in [-0.2, 0) is 32.7 Å². The summed E-state index contributed by atoms with van der Waals surface area (Å²) in [6.45, 7) is 1.94. The van der Waals surface area contributed by atoms with Gasteiger partial charge in [-0.15, -0.1) is 0 Å². The van der Waals surface area contributed by atoms with Crippen molar-refractivity contribution in [3.8, 4) is 0 Å². The summed E-state index contributed by atoms with van der Waals surface area (Å²) in [6, 6.07) is 0. The summed E-state index contributed by atoms with van der Waals surface area (Å²) in [5.41, 5.74) is 0. The predicted molar refractivity (Wildman–Crippen MR) is 225 cm³/mol. The zero-order chi connectivity index (χ0) is 41.4. The van der Waals surface area contributed by atoms with Crippen LogP contribution in [0.25, 0.3) is 0 Å². The molecule has 0 saturated carbocycles. The highest BCUT2D eigenvalue weighted by Crippen LogP contribution is 2.43. The van der Waals surface area contributed by atoms with Gasteiger partial charge in [0.15, 0.2) is 6.10 Å². The molecule has 0 aromatic rings. The molecular formula is C44H75O11P. The lowest BCUT2D eigenvalue weighted by atomic mass is 10.1. The number of hydrogen-bond acceptors (Lipinski definition) is 10. The molecular weight excluding hydrogens is 735 g/mol. The number of aliphatic hydroxyl groups excluding tert-OH is 3. The minimum atomic E-state index is -4.64. The number of rotatable bonds is 38. The van der Waals surface area contributed by atoms with E-state index in [1.165, 1.54) is 51.4 Å². The number of allylic oxidation sites excluding steroid dienone is 11. The van der Waals surface area contributed by atoms with Crippen molar-refractivity contribution in [1.82, 2.24) is 0 Å². The molecule has 12 heteroatoms. The minimum Gasteiger partial charge on any atom is -0.462 e. The van der Waals surface area contributed by atoms with E-state index >= 15 is 0 Å². The Hall–Kier alpha value is -2.63. The van der Waals surface area contributed by atoms with Gasteiger partial charge in [0.05, 0.1) is 25.9 Å². The van der Waals surface area contributed by atoms with Gasteiger partial charge in [-0.3, -0.25) is 18.6 Å². The van der Waals surface area contributed by atoms with E-state index < -0.39 is 57.9 Å². The Balaban J connectivity index is 4.46. The topological polar surface area (TPSA) is 169 Å². The van der Waals surface area contributed by atoms with Gasteiger partial charge in [-0.25, -0.2) is 4.57 Å². The highest BCUT2D eigenvalue weighted by atomic mass is 31.2. The third kappa shape index (κ3) is 38.3. The third-order valence-corrected chi connectivity index (χ3v) is 9.45. The van der Waals surface area contributed by atoms with E-state index in [1.807, 2.05) is 37.3 Å². The first-order chi connectivity index (χ1) is 27.1. The molecule has 11 nitrogen and oxygen atoms in total. The van der Waals surface area contributed by atoms with Gasteiger partial charge in [-0.2, -0.15) is 0 Å². The van der Waals surface area contributed by atoms with Crippen LogP contribution in [0.5, 0.6) is 0 Å². The maximum atomic E-state index is 12.6. The Morgan fingerprint density at radius 3 is 1.75 bits per heavy atom. The molecule has 1 unspecified atom stereocenters. The summed E-state index contributed by atoms with van der Waals surface area (Å²) < 4.78 is 32.6. The number of aliphatic hydroxyl groups is 3. The zero-order valence-electron chi connectivity index (χ0n) is 34.4. The number of carbonyl (C=O) groups excluding carboxylic acids is 2. The second-order valence-electron chi connectivity index (χ2n) is 13.8. The first kappa shape index (κ1) is 53.4. The van der Waals surface area contributed by atoms with E-state index in [2.05, 4.69) is 47.9 Å². The lowest BCUT2D eigenvalue weighted by molar-refractivity contribution is -0.161. The quantitative estimate of drug-likeness (QED) is 0.0154. The predicted octanol–water partition coefficient (Wildman–Crippen LogP) is 9.86. The van der Waals surface area contributed by atoms with Gasteiger partial charge < -0.3 is 29.7 Å². The molecule has 0 rings (SSSR count). The van der Waals surface area contributed by atoms with Crippen molar-refractivity contribution in [2.75, 3.05) is 26.4 Å². The molecule has 4 atom stereocenters. The molecule has 56 heavy (non-hydrogen) atoms. The molecule has 0 heterocycles. The third-order valence-electron chi connectivity index (χ3n) is 8.50. The van der Waals surface area contributed by atoms with E-state index in [0.717, 1.165) is 44.9 Å². The fraction of sp³-hybridized carbons (Fsp3) is 0.682. The molecule has 0 aromatic carbocycles. The van der Waals surface area contributed by atoms with Crippen LogP contribution in [-0.4, -0.2) is 76.9 Å². The van der Waals surface area contributed by atoms with E-state index in [0.29, 0.717) is 25.7 Å². The lowest BCUT2D eigenvalue weighted by Gasteiger charge is -2.20. The van der Waals surface area contributed by atoms with Gasteiger partial charge in [0.1, 0.15) is 12.7 Å². The van der Waals surface area contributed by atoms with Gasteiger partial charge in [0.2, 0.25) is 0 Å². The van der Waals surface area contributed by atoms with Crippen LogP contribution < -0.4 is 0 Å². The number of hydrogen-bond donors (Lipinski definition) is 4. The fourth-order valence-corrected chi connectivity index (χ4v) is 5.88. The Labute approximate surface area is 338 Å². The largest absolute Gasteiger partial charge is 0.472 e. The van der Waals surface area contributed by atoms with Crippen molar-refractivity contribution in [3.05, 3.63) is 72.9 Å². The Morgan fingerprint density at radius 2 is 1.12 bits per heavy atom. The summed E-state index contributed by atoms with van der Waals surface area (Å²) >= 11 is 0. The van der Waals surface area contributed by atoms with Crippen LogP contribution in [0.2, 0.25) is 0 Å². The number of phosphoric ester groups is 1. The van der Waals surface area contributed by atoms with Crippen LogP contribution in [0.1, 0.15) is 149 Å². The van der Waals surface area contributed by atoms with Crippen molar-refractivity contribution in [2.24, 2.45) is 0 Å². The fourth-order valence-electron chi connectivity index (χ4n) is 5.09. The number of phosphoric acid groups is 1. The highest BCUT2D eigenvalue weighted by molar-refractivity contribution is 7.47. The molecule has 0 fully saturated rings. The Kier molecular flexibility index (Phi) is 37.4. The number of ether oxygens (including phenoxy) is 2. The summed E-state index contributed by atoms with van der Waals surface area (Å²) in [6.07, 6.45) is 41.1. The van der Waals surface area contributed by atoms with Crippen molar-refractivity contribution in [3.63, 3.8) is 0 Å².